The fraction of sp³-hybridized carbons (Fsp3) is 0.350. The van der Waals surface area contributed by atoms with Gasteiger partial charge in [0.1, 0.15) is 6.29 Å². The molecule has 0 saturated heterocycles. The molecule has 2 aromatic rings. The summed E-state index contributed by atoms with van der Waals surface area (Å²) >= 11 is 0. The molecule has 5 rings (SSSR count). The highest BCUT2D eigenvalue weighted by molar-refractivity contribution is 5.81. The van der Waals surface area contributed by atoms with Gasteiger partial charge in [-0.15, -0.1) is 0 Å². The van der Waals surface area contributed by atoms with Gasteiger partial charge in [0.2, 0.25) is 6.79 Å². The van der Waals surface area contributed by atoms with Crippen LogP contribution < -0.4 is 14.2 Å². The molecule has 1 atom stereocenters. The summed E-state index contributed by atoms with van der Waals surface area (Å²) in [7, 11) is 1.50. The van der Waals surface area contributed by atoms with Gasteiger partial charge in [0, 0.05) is 30.3 Å². The molecule has 26 heavy (non-hydrogen) atoms. The molecule has 0 saturated carbocycles. The summed E-state index contributed by atoms with van der Waals surface area (Å²) in [6.45, 7) is 1.75. The number of methoxy groups -OCH3 is 1. The Morgan fingerprint density at radius 2 is 2.04 bits per heavy atom. The molecule has 1 N–H and O–H groups in total. The third kappa shape index (κ3) is 2.12. The van der Waals surface area contributed by atoms with Gasteiger partial charge >= 0.3 is 0 Å². The normalized spacial score (nSPS) is 20.1. The second-order valence-electron chi connectivity index (χ2n) is 6.94. The molecule has 1 unspecified atom stereocenters. The lowest BCUT2D eigenvalue weighted by Gasteiger charge is -2.42. The summed E-state index contributed by atoms with van der Waals surface area (Å²) in [6.07, 6.45) is 2.44. The Hall–Kier alpha value is -2.73. The van der Waals surface area contributed by atoms with Crippen molar-refractivity contribution in [3.05, 3.63) is 46.0 Å². The fourth-order valence-corrected chi connectivity index (χ4v) is 4.40. The molecule has 6 nitrogen and oxygen atoms in total. The molecule has 3 aliphatic heterocycles. The average Bonchev–Trinajstić information content (AvgIpc) is 3.13. The zero-order chi connectivity index (χ0) is 17.8. The van der Waals surface area contributed by atoms with E-state index in [-0.39, 0.29) is 18.6 Å². The third-order valence-electron chi connectivity index (χ3n) is 5.73. The molecule has 0 fully saturated rings. The van der Waals surface area contributed by atoms with Gasteiger partial charge in [-0.05, 0) is 47.7 Å². The minimum Gasteiger partial charge on any atom is -0.504 e. The van der Waals surface area contributed by atoms with Crippen molar-refractivity contribution in [1.29, 1.82) is 0 Å². The number of ether oxygens (including phenoxy) is 3. The van der Waals surface area contributed by atoms with Gasteiger partial charge in [-0.25, -0.2) is 0 Å². The van der Waals surface area contributed by atoms with Crippen LogP contribution in [0.1, 0.15) is 38.7 Å². The number of rotatable bonds is 2. The van der Waals surface area contributed by atoms with Crippen molar-refractivity contribution < 1.29 is 24.1 Å². The van der Waals surface area contributed by atoms with Gasteiger partial charge in [0.05, 0.1) is 7.11 Å². The van der Waals surface area contributed by atoms with Crippen molar-refractivity contribution in [1.82, 2.24) is 4.90 Å². The Bertz CT molecular complexity index is 923. The molecule has 3 aliphatic rings. The number of benzene rings is 2. The molecule has 134 valence electrons. The number of carbonyl (C=O) groups is 1. The second-order valence-corrected chi connectivity index (χ2v) is 6.94. The summed E-state index contributed by atoms with van der Waals surface area (Å²) in [5, 5.41) is 10.6. The number of phenols is 1. The van der Waals surface area contributed by atoms with Gasteiger partial charge in [-0.3, -0.25) is 9.69 Å². The van der Waals surface area contributed by atoms with E-state index >= 15 is 0 Å². The van der Waals surface area contributed by atoms with E-state index in [1.165, 1.54) is 18.2 Å². The van der Waals surface area contributed by atoms with Crippen LogP contribution in [-0.2, 0) is 19.4 Å². The van der Waals surface area contributed by atoms with Crippen LogP contribution in [0.5, 0.6) is 23.0 Å². The van der Waals surface area contributed by atoms with Crippen molar-refractivity contribution in [2.24, 2.45) is 0 Å². The van der Waals surface area contributed by atoms with E-state index in [9.17, 15) is 9.90 Å². The second kappa shape index (κ2) is 5.64. The molecule has 3 heterocycles. The molecular weight excluding hydrogens is 334 g/mol. The van der Waals surface area contributed by atoms with Gasteiger partial charge in [-0.1, -0.05) is 0 Å². The van der Waals surface area contributed by atoms with Gasteiger partial charge in [0.25, 0.3) is 0 Å². The molecular formula is C20H19NO5. The van der Waals surface area contributed by atoms with Crippen molar-refractivity contribution in [2.75, 3.05) is 20.4 Å². The topological polar surface area (TPSA) is 68.2 Å². The molecule has 0 aliphatic carbocycles. The molecule has 0 radical (unpaired) electrons. The number of phenolic OH excluding ortho intramolecular Hbond substituents is 1. The third-order valence-corrected chi connectivity index (χ3v) is 5.73. The Morgan fingerprint density at radius 1 is 1.23 bits per heavy atom. The van der Waals surface area contributed by atoms with E-state index < -0.39 is 0 Å². The fourth-order valence-electron chi connectivity index (χ4n) is 4.40. The van der Waals surface area contributed by atoms with Crippen molar-refractivity contribution in [3.8, 4) is 23.0 Å². The number of aldehydes is 1. The van der Waals surface area contributed by atoms with Gasteiger partial charge in [-0.2, -0.15) is 0 Å². The smallest absolute Gasteiger partial charge is 0.231 e. The largest absolute Gasteiger partial charge is 0.504 e. The van der Waals surface area contributed by atoms with Gasteiger partial charge in [0.15, 0.2) is 23.0 Å². The van der Waals surface area contributed by atoms with E-state index in [4.69, 9.17) is 14.2 Å². The van der Waals surface area contributed by atoms with Crippen molar-refractivity contribution in [3.63, 3.8) is 0 Å². The zero-order valence-corrected chi connectivity index (χ0v) is 14.4. The lowest BCUT2D eigenvalue weighted by molar-refractivity contribution is 0.111. The average molecular weight is 353 g/mol. The van der Waals surface area contributed by atoms with Crippen LogP contribution in [0.2, 0.25) is 0 Å². The maximum absolute atomic E-state index is 11.6. The first-order valence-corrected chi connectivity index (χ1v) is 8.73. The van der Waals surface area contributed by atoms with Crippen LogP contribution in [0.3, 0.4) is 0 Å². The van der Waals surface area contributed by atoms with Crippen LogP contribution in [0.25, 0.3) is 0 Å². The molecule has 6 heteroatoms. The van der Waals surface area contributed by atoms with E-state index in [0.29, 0.717) is 24.3 Å². The van der Waals surface area contributed by atoms with Crippen LogP contribution >= 0.6 is 0 Å². The van der Waals surface area contributed by atoms with Crippen LogP contribution in [0, 0.1) is 0 Å². The highest BCUT2D eigenvalue weighted by Crippen LogP contribution is 2.47. The highest BCUT2D eigenvalue weighted by Gasteiger charge is 2.36. The first-order valence-electron chi connectivity index (χ1n) is 8.73. The number of nitrogens with zero attached hydrogens (tertiary/aromatic N) is 1. The van der Waals surface area contributed by atoms with E-state index in [2.05, 4.69) is 17.0 Å². The maximum atomic E-state index is 11.6. The predicted octanol–water partition coefficient (Wildman–Crippen LogP) is 2.60. The Labute approximate surface area is 150 Å². The minimum atomic E-state index is 0.142. The van der Waals surface area contributed by atoms with E-state index in [1.54, 1.807) is 6.07 Å². The SMILES string of the molecule is COc1cc(C=O)c2c(c1O)CN1CCc3cc4c(cc3C1C2)OCO4. The maximum Gasteiger partial charge on any atom is 0.231 e. The lowest BCUT2D eigenvalue weighted by Crippen LogP contribution is -2.39. The van der Waals surface area contributed by atoms with Crippen molar-refractivity contribution in [2.45, 2.75) is 25.4 Å². The number of hydrogen-bond donors (Lipinski definition) is 1. The minimum absolute atomic E-state index is 0.142. The summed E-state index contributed by atoms with van der Waals surface area (Å²) < 4.78 is 16.3. The molecule has 0 aromatic heterocycles. The number of hydrogen-bond acceptors (Lipinski definition) is 6. The van der Waals surface area contributed by atoms with E-state index in [1.807, 2.05) is 0 Å². The summed E-state index contributed by atoms with van der Waals surface area (Å²) in [5.41, 5.74) is 4.78. The highest BCUT2D eigenvalue weighted by atomic mass is 16.7. The van der Waals surface area contributed by atoms with Crippen LogP contribution in [0.4, 0.5) is 0 Å². The Balaban J connectivity index is 1.62. The van der Waals surface area contributed by atoms with Crippen LogP contribution in [-0.4, -0.2) is 36.7 Å². The quantitative estimate of drug-likeness (QED) is 0.837. The van der Waals surface area contributed by atoms with Gasteiger partial charge < -0.3 is 19.3 Å². The number of fused-ring (bicyclic) bond motifs is 5. The van der Waals surface area contributed by atoms with Crippen LogP contribution in [0.15, 0.2) is 18.2 Å². The summed E-state index contributed by atoms with van der Waals surface area (Å²) in [4.78, 5) is 14.0. The summed E-state index contributed by atoms with van der Waals surface area (Å²) in [5.74, 6) is 2.09. The lowest BCUT2D eigenvalue weighted by atomic mass is 9.82. The molecule has 0 spiro atoms. The standard InChI is InChI=1S/C20H19NO5/c1-24-19-5-12(9-22)13-6-16-14-7-18-17(25-10-26-18)4-11(14)2-3-21(16)8-15(13)20(19)23/h4-5,7,9,16,23H,2-3,6,8,10H2,1H3. The Morgan fingerprint density at radius 3 is 2.81 bits per heavy atom. The predicted molar refractivity (Wildman–Crippen MR) is 93.2 cm³/mol. The first-order chi connectivity index (χ1) is 12.7. The molecule has 0 bridgehead atoms. The summed E-state index contributed by atoms with van der Waals surface area (Å²) in [6, 6.07) is 5.94. The monoisotopic (exact) mass is 353 g/mol. The molecule has 2 aromatic carbocycles. The molecule has 0 amide bonds. The zero-order valence-electron chi connectivity index (χ0n) is 14.4. The number of aromatic hydroxyl groups is 1. The van der Waals surface area contributed by atoms with E-state index in [0.717, 1.165) is 41.9 Å². The first kappa shape index (κ1) is 15.5. The Kier molecular flexibility index (Phi) is 3.37. The van der Waals surface area contributed by atoms with Crippen molar-refractivity contribution >= 4 is 6.29 Å². The number of carbonyl (C=O) groups excluding carboxylic acids is 1.